The van der Waals surface area contributed by atoms with Crippen LogP contribution in [-0.2, 0) is 0 Å². The van der Waals surface area contributed by atoms with Gasteiger partial charge in [0.1, 0.15) is 0 Å². The lowest BCUT2D eigenvalue weighted by molar-refractivity contribution is 0.390. The predicted molar refractivity (Wildman–Crippen MR) is 68.3 cm³/mol. The third-order valence-corrected chi connectivity index (χ3v) is 2.59. The number of hydrogen-bond acceptors (Lipinski definition) is 5. The SMILES string of the molecule is CCNC(c1cccnc1)c1ccc(OC)nn1. The van der Waals surface area contributed by atoms with Gasteiger partial charge in [-0.25, -0.2) is 0 Å². The highest BCUT2D eigenvalue weighted by Crippen LogP contribution is 2.19. The van der Waals surface area contributed by atoms with Gasteiger partial charge in [0.15, 0.2) is 0 Å². The monoisotopic (exact) mass is 244 g/mol. The molecule has 1 unspecified atom stereocenters. The Morgan fingerprint density at radius 1 is 1.28 bits per heavy atom. The maximum Gasteiger partial charge on any atom is 0.233 e. The number of methoxy groups -OCH3 is 1. The van der Waals surface area contributed by atoms with Crippen LogP contribution >= 0.6 is 0 Å². The lowest BCUT2D eigenvalue weighted by atomic mass is 10.1. The van der Waals surface area contributed by atoms with E-state index in [4.69, 9.17) is 4.74 Å². The predicted octanol–water partition coefficient (Wildman–Crippen LogP) is 1.58. The fraction of sp³-hybridized carbons (Fsp3) is 0.308. The van der Waals surface area contributed by atoms with E-state index in [0.717, 1.165) is 17.8 Å². The van der Waals surface area contributed by atoms with Gasteiger partial charge in [-0.1, -0.05) is 13.0 Å². The van der Waals surface area contributed by atoms with Gasteiger partial charge in [0.2, 0.25) is 5.88 Å². The van der Waals surface area contributed by atoms with Gasteiger partial charge < -0.3 is 10.1 Å². The van der Waals surface area contributed by atoms with Gasteiger partial charge in [0.25, 0.3) is 0 Å². The van der Waals surface area contributed by atoms with E-state index in [-0.39, 0.29) is 6.04 Å². The van der Waals surface area contributed by atoms with E-state index >= 15 is 0 Å². The Balaban J connectivity index is 2.29. The molecular formula is C13H16N4O. The van der Waals surface area contributed by atoms with Gasteiger partial charge in [-0.2, -0.15) is 0 Å². The van der Waals surface area contributed by atoms with Crippen LogP contribution in [0.1, 0.15) is 24.2 Å². The fourth-order valence-electron chi connectivity index (χ4n) is 1.74. The zero-order valence-electron chi connectivity index (χ0n) is 10.5. The summed E-state index contributed by atoms with van der Waals surface area (Å²) in [7, 11) is 1.58. The quantitative estimate of drug-likeness (QED) is 0.865. The van der Waals surface area contributed by atoms with Crippen LogP contribution in [0.5, 0.6) is 5.88 Å². The van der Waals surface area contributed by atoms with Crippen molar-refractivity contribution in [2.75, 3.05) is 13.7 Å². The minimum atomic E-state index is 0.00195. The molecule has 0 spiro atoms. The number of hydrogen-bond donors (Lipinski definition) is 1. The van der Waals surface area contributed by atoms with E-state index in [1.807, 2.05) is 30.5 Å². The number of aromatic nitrogens is 3. The first kappa shape index (κ1) is 12.4. The van der Waals surface area contributed by atoms with Crippen LogP contribution in [-0.4, -0.2) is 28.8 Å². The molecule has 1 N–H and O–H groups in total. The molecule has 0 aliphatic carbocycles. The zero-order valence-corrected chi connectivity index (χ0v) is 10.5. The molecule has 5 heteroatoms. The molecule has 2 rings (SSSR count). The molecular weight excluding hydrogens is 228 g/mol. The molecule has 0 fully saturated rings. The molecule has 0 aliphatic rings. The highest BCUT2D eigenvalue weighted by Gasteiger charge is 2.15. The van der Waals surface area contributed by atoms with E-state index in [1.165, 1.54) is 0 Å². The van der Waals surface area contributed by atoms with E-state index in [2.05, 4.69) is 27.4 Å². The third kappa shape index (κ3) is 2.81. The van der Waals surface area contributed by atoms with Crippen LogP contribution in [0, 0.1) is 0 Å². The first-order chi connectivity index (χ1) is 8.85. The highest BCUT2D eigenvalue weighted by molar-refractivity contribution is 5.25. The second-order valence-electron chi connectivity index (χ2n) is 3.78. The first-order valence-electron chi connectivity index (χ1n) is 5.86. The van der Waals surface area contributed by atoms with Gasteiger partial charge in [-0.3, -0.25) is 4.98 Å². The van der Waals surface area contributed by atoms with Gasteiger partial charge in [-0.05, 0) is 24.2 Å². The van der Waals surface area contributed by atoms with E-state index in [0.29, 0.717) is 5.88 Å². The van der Waals surface area contributed by atoms with E-state index in [9.17, 15) is 0 Å². The molecule has 1 atom stereocenters. The maximum atomic E-state index is 5.01. The lowest BCUT2D eigenvalue weighted by Crippen LogP contribution is -2.23. The number of nitrogens with one attached hydrogen (secondary N) is 1. The summed E-state index contributed by atoms with van der Waals surface area (Å²) in [6, 6.07) is 7.65. The van der Waals surface area contributed by atoms with Crippen LogP contribution in [0.2, 0.25) is 0 Å². The van der Waals surface area contributed by atoms with Crippen LogP contribution in [0.15, 0.2) is 36.7 Å². The summed E-state index contributed by atoms with van der Waals surface area (Å²) in [6.45, 7) is 2.90. The molecule has 18 heavy (non-hydrogen) atoms. The fourth-order valence-corrected chi connectivity index (χ4v) is 1.74. The van der Waals surface area contributed by atoms with Crippen molar-refractivity contribution >= 4 is 0 Å². The Bertz CT molecular complexity index is 472. The summed E-state index contributed by atoms with van der Waals surface area (Å²) in [4.78, 5) is 4.13. The van der Waals surface area contributed by atoms with Gasteiger partial charge in [-0.15, -0.1) is 10.2 Å². The van der Waals surface area contributed by atoms with Crippen molar-refractivity contribution in [1.82, 2.24) is 20.5 Å². The molecule has 0 bridgehead atoms. The summed E-state index contributed by atoms with van der Waals surface area (Å²) in [6.07, 6.45) is 3.59. The molecule has 2 aromatic rings. The first-order valence-corrected chi connectivity index (χ1v) is 5.86. The van der Waals surface area contributed by atoms with Gasteiger partial charge in [0.05, 0.1) is 18.8 Å². The molecule has 0 aromatic carbocycles. The second kappa shape index (κ2) is 6.07. The molecule has 0 saturated carbocycles. The van der Waals surface area contributed by atoms with Crippen LogP contribution < -0.4 is 10.1 Å². The Morgan fingerprint density at radius 2 is 2.17 bits per heavy atom. The van der Waals surface area contributed by atoms with Gasteiger partial charge in [0, 0.05) is 18.5 Å². The molecule has 5 nitrogen and oxygen atoms in total. The number of rotatable bonds is 5. The molecule has 0 amide bonds. The normalized spacial score (nSPS) is 12.1. The zero-order chi connectivity index (χ0) is 12.8. The van der Waals surface area contributed by atoms with Crippen LogP contribution in [0.25, 0.3) is 0 Å². The van der Waals surface area contributed by atoms with Crippen LogP contribution in [0.3, 0.4) is 0 Å². The van der Waals surface area contributed by atoms with Crippen molar-refractivity contribution in [1.29, 1.82) is 0 Å². The molecule has 2 aromatic heterocycles. The largest absolute Gasteiger partial charge is 0.480 e. The Hall–Kier alpha value is -2.01. The number of nitrogens with zero attached hydrogens (tertiary/aromatic N) is 3. The molecule has 0 aliphatic heterocycles. The summed E-state index contributed by atoms with van der Waals surface area (Å²) in [5.41, 5.74) is 1.92. The summed E-state index contributed by atoms with van der Waals surface area (Å²) < 4.78 is 5.01. The lowest BCUT2D eigenvalue weighted by Gasteiger charge is -2.16. The van der Waals surface area contributed by atoms with Crippen molar-refractivity contribution in [3.05, 3.63) is 47.9 Å². The Kier molecular flexibility index (Phi) is 4.20. The van der Waals surface area contributed by atoms with Crippen molar-refractivity contribution in [2.24, 2.45) is 0 Å². The van der Waals surface area contributed by atoms with E-state index in [1.54, 1.807) is 13.3 Å². The summed E-state index contributed by atoms with van der Waals surface area (Å²) in [5, 5.41) is 11.5. The standard InChI is InChI=1S/C13H16N4O/c1-3-15-13(10-5-4-8-14-9-10)11-6-7-12(18-2)17-16-11/h4-9,13,15H,3H2,1-2H3. The number of ether oxygens (including phenoxy) is 1. The molecule has 2 heterocycles. The molecule has 0 saturated heterocycles. The molecule has 0 radical (unpaired) electrons. The minimum absolute atomic E-state index is 0.00195. The van der Waals surface area contributed by atoms with Crippen LogP contribution in [0.4, 0.5) is 0 Å². The highest BCUT2D eigenvalue weighted by atomic mass is 16.5. The summed E-state index contributed by atoms with van der Waals surface area (Å²) in [5.74, 6) is 0.514. The second-order valence-corrected chi connectivity index (χ2v) is 3.78. The molecule has 94 valence electrons. The van der Waals surface area contributed by atoms with Crippen molar-refractivity contribution < 1.29 is 4.74 Å². The Morgan fingerprint density at radius 3 is 2.72 bits per heavy atom. The minimum Gasteiger partial charge on any atom is -0.480 e. The maximum absolute atomic E-state index is 5.01. The van der Waals surface area contributed by atoms with Crippen molar-refractivity contribution in [3.8, 4) is 5.88 Å². The topological polar surface area (TPSA) is 59.9 Å². The summed E-state index contributed by atoms with van der Waals surface area (Å²) >= 11 is 0. The van der Waals surface area contributed by atoms with Crippen molar-refractivity contribution in [2.45, 2.75) is 13.0 Å². The smallest absolute Gasteiger partial charge is 0.233 e. The van der Waals surface area contributed by atoms with E-state index < -0.39 is 0 Å². The average Bonchev–Trinajstić information content (AvgIpc) is 2.46. The Labute approximate surface area is 106 Å². The van der Waals surface area contributed by atoms with Gasteiger partial charge >= 0.3 is 0 Å². The van der Waals surface area contributed by atoms with Crippen molar-refractivity contribution in [3.63, 3.8) is 0 Å². The average molecular weight is 244 g/mol. The number of pyridine rings is 1. The third-order valence-electron chi connectivity index (χ3n) is 2.59.